The van der Waals surface area contributed by atoms with Crippen molar-refractivity contribution in [3.63, 3.8) is 0 Å². The van der Waals surface area contributed by atoms with Gasteiger partial charge in [0.2, 0.25) is 5.91 Å². The van der Waals surface area contributed by atoms with E-state index in [0.29, 0.717) is 38.8 Å². The van der Waals surface area contributed by atoms with E-state index in [2.05, 4.69) is 10.6 Å². The number of phenols is 1. The Bertz CT molecular complexity index is 3140. The number of benzene rings is 5. The Morgan fingerprint density at radius 3 is 2.44 bits per heavy atom. The SMILES string of the molecule is COCCN(C(=O)c1cc2ccccc2oc1=O)[C@@H]1CC(C(=O)NCCOC(=O)Nc2ccc(-c3c4ccc(=O)cc-4oc4cc(O)ccc34)c(C(=O)O)c2)[C@@H]2c3ccccc3O[C@@H]2[C@H]1O. The number of carboxylic acid groups (broad SMARTS) is 1. The summed E-state index contributed by atoms with van der Waals surface area (Å²) >= 11 is 0. The van der Waals surface area contributed by atoms with Gasteiger partial charge in [0.05, 0.1) is 30.7 Å². The first kappa shape index (κ1) is 43.2. The van der Waals surface area contributed by atoms with Gasteiger partial charge in [-0.15, -0.1) is 0 Å². The highest BCUT2D eigenvalue weighted by Crippen LogP contribution is 2.50. The van der Waals surface area contributed by atoms with Crippen molar-refractivity contribution in [3.8, 4) is 33.9 Å². The van der Waals surface area contributed by atoms with Crippen molar-refractivity contribution in [1.29, 1.82) is 0 Å². The van der Waals surface area contributed by atoms with Crippen molar-refractivity contribution in [2.45, 2.75) is 30.6 Å². The van der Waals surface area contributed by atoms with E-state index < -0.39 is 59.6 Å². The molecule has 0 radical (unpaired) electrons. The summed E-state index contributed by atoms with van der Waals surface area (Å²) in [5.41, 5.74) is 0.796. The van der Waals surface area contributed by atoms with E-state index in [1.807, 2.05) is 6.07 Å². The molecular formula is C49H41N3O14. The number of aliphatic hydroxyl groups excluding tert-OH is 1. The van der Waals surface area contributed by atoms with Gasteiger partial charge in [-0.25, -0.2) is 14.4 Å². The van der Waals surface area contributed by atoms with Gasteiger partial charge in [-0.1, -0.05) is 42.5 Å². The second-order valence-corrected chi connectivity index (χ2v) is 16.0. The molecule has 1 unspecified atom stereocenters. The van der Waals surface area contributed by atoms with E-state index in [4.69, 9.17) is 23.0 Å². The average Bonchev–Trinajstić information content (AvgIpc) is 3.70. The van der Waals surface area contributed by atoms with Crippen LogP contribution in [-0.4, -0.2) is 95.8 Å². The number of carbonyl (C=O) groups excluding carboxylic acids is 3. The highest BCUT2D eigenvalue weighted by Gasteiger charge is 2.54. The second kappa shape index (κ2) is 17.9. The van der Waals surface area contributed by atoms with Crippen molar-refractivity contribution in [2.24, 2.45) is 5.92 Å². The number of hydrogen-bond acceptors (Lipinski definition) is 13. The standard InChI is InChI=1S/C49H41N3O14/c1-62-19-17-52(46(57)35-20-25-6-2-4-8-37(25)66-48(35)60)36-24-34(42-30-7-3-5-9-38(30)65-44(42)43(36)55)45(56)50-16-18-63-49(61)51-26-10-13-29(33(21-26)47(58)59)41-31-14-11-27(53)22-39(31)64-40-23-28(54)12-15-32(40)41/h2-15,20-23,34,36,42-44,53,55H,16-19,24H2,1H3,(H,50,56)(H,51,61)(H,58,59)/t34?,36-,42+,43+,44+/m1/s1. The Kier molecular flexibility index (Phi) is 11.7. The number of amides is 3. The van der Waals surface area contributed by atoms with Crippen LogP contribution in [0.15, 0.2) is 128 Å². The van der Waals surface area contributed by atoms with E-state index >= 15 is 0 Å². The van der Waals surface area contributed by atoms with Crippen LogP contribution in [0.25, 0.3) is 44.4 Å². The zero-order valence-corrected chi connectivity index (χ0v) is 35.1. The summed E-state index contributed by atoms with van der Waals surface area (Å²) in [4.78, 5) is 80.8. The summed E-state index contributed by atoms with van der Waals surface area (Å²) in [5.74, 6) is -3.41. The number of nitrogens with one attached hydrogen (secondary N) is 2. The molecule has 66 heavy (non-hydrogen) atoms. The van der Waals surface area contributed by atoms with E-state index in [-0.39, 0.29) is 77.6 Å². The lowest BCUT2D eigenvalue weighted by molar-refractivity contribution is -0.133. The molecule has 5 N–H and O–H groups in total. The number of para-hydroxylation sites is 2. The maximum absolute atomic E-state index is 14.3. The van der Waals surface area contributed by atoms with Gasteiger partial charge in [0, 0.05) is 64.9 Å². The Morgan fingerprint density at radius 1 is 0.833 bits per heavy atom. The van der Waals surface area contributed by atoms with Crippen molar-refractivity contribution in [1.82, 2.24) is 10.2 Å². The van der Waals surface area contributed by atoms with Crippen LogP contribution in [0.5, 0.6) is 11.5 Å². The Labute approximate surface area is 374 Å². The third kappa shape index (κ3) is 8.16. The van der Waals surface area contributed by atoms with Gasteiger partial charge < -0.3 is 48.6 Å². The van der Waals surface area contributed by atoms with Crippen molar-refractivity contribution in [2.75, 3.05) is 38.7 Å². The van der Waals surface area contributed by atoms with Gasteiger partial charge in [0.15, 0.2) is 5.43 Å². The third-order valence-electron chi connectivity index (χ3n) is 12.0. The molecule has 2 aliphatic heterocycles. The van der Waals surface area contributed by atoms with E-state index in [0.717, 1.165) is 0 Å². The summed E-state index contributed by atoms with van der Waals surface area (Å²) < 4.78 is 28.3. The topological polar surface area (TPSA) is 244 Å². The molecule has 0 spiro atoms. The number of aliphatic hydroxyl groups is 1. The molecule has 4 aliphatic rings. The largest absolute Gasteiger partial charge is 0.508 e. The van der Waals surface area contributed by atoms with Gasteiger partial charge in [-0.05, 0) is 66.6 Å². The minimum Gasteiger partial charge on any atom is -0.508 e. The first-order chi connectivity index (χ1) is 31.9. The Hall–Kier alpha value is -8.02. The number of methoxy groups -OCH3 is 1. The molecule has 9 rings (SSSR count). The minimum absolute atomic E-state index is 0.0328. The maximum atomic E-state index is 14.3. The van der Waals surface area contributed by atoms with Crippen molar-refractivity contribution < 1.29 is 57.5 Å². The van der Waals surface area contributed by atoms with Gasteiger partial charge in [-0.3, -0.25) is 19.7 Å². The molecule has 1 fully saturated rings. The average molecular weight is 896 g/mol. The molecule has 0 saturated heterocycles. The number of nitrogens with zero attached hydrogens (tertiary/aromatic N) is 1. The zero-order valence-electron chi connectivity index (χ0n) is 35.1. The van der Waals surface area contributed by atoms with Crippen LogP contribution in [0.4, 0.5) is 10.5 Å². The van der Waals surface area contributed by atoms with Crippen LogP contribution in [0, 0.1) is 5.92 Å². The van der Waals surface area contributed by atoms with E-state index in [9.17, 15) is 44.1 Å². The number of ether oxygens (including phenoxy) is 3. The number of aromatic hydroxyl groups is 1. The van der Waals surface area contributed by atoms with E-state index in [1.165, 1.54) is 66.6 Å². The quantitative estimate of drug-likeness (QED) is 0.0551. The first-order valence-electron chi connectivity index (χ1n) is 21.0. The van der Waals surface area contributed by atoms with Crippen LogP contribution < -0.4 is 26.4 Å². The summed E-state index contributed by atoms with van der Waals surface area (Å²) in [5, 5.41) is 38.7. The molecule has 5 aromatic rings. The number of aromatic carboxylic acids is 1. The fraction of sp³-hybridized carbons (Fsp3) is 0.224. The lowest BCUT2D eigenvalue weighted by atomic mass is 9.70. The van der Waals surface area contributed by atoms with Crippen LogP contribution in [-0.2, 0) is 14.3 Å². The highest BCUT2D eigenvalue weighted by atomic mass is 16.5. The number of hydrogen-bond donors (Lipinski definition) is 5. The summed E-state index contributed by atoms with van der Waals surface area (Å²) in [6.07, 6.45) is -3.20. The fourth-order valence-corrected chi connectivity index (χ4v) is 9.08. The van der Waals surface area contributed by atoms with Crippen LogP contribution >= 0.6 is 0 Å². The van der Waals surface area contributed by atoms with Gasteiger partial charge in [0.25, 0.3) is 5.91 Å². The fourth-order valence-electron chi connectivity index (χ4n) is 9.08. The number of rotatable bonds is 12. The smallest absolute Gasteiger partial charge is 0.411 e. The summed E-state index contributed by atoms with van der Waals surface area (Å²) in [7, 11) is 1.45. The second-order valence-electron chi connectivity index (χ2n) is 16.0. The molecule has 3 amide bonds. The normalized spacial score (nSPS) is 18.5. The number of fused-ring (bicyclic) bond motifs is 6. The molecule has 17 heteroatoms. The van der Waals surface area contributed by atoms with E-state index in [1.54, 1.807) is 48.5 Å². The molecule has 336 valence electrons. The number of carboxylic acids is 1. The van der Waals surface area contributed by atoms with Gasteiger partial charge in [0.1, 0.15) is 52.8 Å². The molecular weight excluding hydrogens is 855 g/mol. The lowest BCUT2D eigenvalue weighted by Crippen LogP contribution is -2.60. The molecule has 1 aromatic heterocycles. The van der Waals surface area contributed by atoms with Crippen LogP contribution in [0.2, 0.25) is 0 Å². The summed E-state index contributed by atoms with van der Waals surface area (Å²) in [6, 6.07) is 27.0. The third-order valence-corrected chi connectivity index (χ3v) is 12.0. The summed E-state index contributed by atoms with van der Waals surface area (Å²) in [6.45, 7) is -0.418. The number of anilines is 1. The molecule has 3 heterocycles. The molecule has 5 atom stereocenters. The van der Waals surface area contributed by atoms with Gasteiger partial charge >= 0.3 is 17.7 Å². The maximum Gasteiger partial charge on any atom is 0.411 e. The van der Waals surface area contributed by atoms with Crippen molar-refractivity contribution in [3.05, 3.63) is 147 Å². The Balaban J connectivity index is 0.908. The van der Waals surface area contributed by atoms with Crippen molar-refractivity contribution >= 4 is 51.5 Å². The van der Waals surface area contributed by atoms with Gasteiger partial charge in [-0.2, -0.15) is 0 Å². The lowest BCUT2D eigenvalue weighted by Gasteiger charge is -2.45. The molecule has 2 aliphatic carbocycles. The molecule has 1 saturated carbocycles. The predicted molar refractivity (Wildman–Crippen MR) is 238 cm³/mol. The Morgan fingerprint density at radius 2 is 1.62 bits per heavy atom. The molecule has 0 bridgehead atoms. The monoisotopic (exact) mass is 895 g/mol. The molecule has 4 aromatic carbocycles. The molecule has 17 nitrogen and oxygen atoms in total. The highest BCUT2D eigenvalue weighted by molar-refractivity contribution is 6.08. The number of carbonyl (C=O) groups is 4. The minimum atomic E-state index is -1.31. The van der Waals surface area contributed by atoms with Crippen LogP contribution in [0.3, 0.4) is 0 Å². The first-order valence-corrected chi connectivity index (χ1v) is 21.0. The van der Waals surface area contributed by atoms with Crippen LogP contribution in [0.1, 0.15) is 38.6 Å². The zero-order chi connectivity index (χ0) is 46.2. The predicted octanol–water partition coefficient (Wildman–Crippen LogP) is 5.82. The number of phenolic OH excluding ortho intramolecular Hbond substituents is 1.